The van der Waals surface area contributed by atoms with Crippen LogP contribution in [0.2, 0.25) is 0 Å². The maximum Gasteiger partial charge on any atom is 0.238 e. The smallest absolute Gasteiger partial charge is 0.238 e. The Morgan fingerprint density at radius 1 is 1.21 bits per heavy atom. The number of carbonyl (C=O) groups is 1. The van der Waals surface area contributed by atoms with Crippen LogP contribution in [0.3, 0.4) is 0 Å². The third kappa shape index (κ3) is 4.55. The minimum atomic E-state index is -0.155. The fraction of sp³-hybridized carbons (Fsp3) is 0.280. The van der Waals surface area contributed by atoms with Crippen molar-refractivity contribution in [2.24, 2.45) is 0 Å². The largest absolute Gasteiger partial charge is 0.376 e. The Kier molecular flexibility index (Phi) is 6.60. The van der Waals surface area contributed by atoms with Crippen molar-refractivity contribution >= 4 is 34.3 Å². The van der Waals surface area contributed by atoms with Gasteiger partial charge in [-0.05, 0) is 31.0 Å². The van der Waals surface area contributed by atoms with E-state index in [1.54, 1.807) is 0 Å². The molecule has 0 bridgehead atoms. The molecule has 0 saturated carbocycles. The molecule has 1 amide bonds. The number of hydrogen-bond acceptors (Lipinski definition) is 6. The molecule has 1 aliphatic heterocycles. The zero-order chi connectivity index (χ0) is 23.3. The van der Waals surface area contributed by atoms with E-state index in [1.165, 1.54) is 16.7 Å². The molecule has 3 heterocycles. The van der Waals surface area contributed by atoms with Gasteiger partial charge in [-0.2, -0.15) is 5.26 Å². The molecule has 1 saturated heterocycles. The molecule has 172 valence electrons. The topological polar surface area (TPSA) is 99.8 Å². The Hall–Kier alpha value is -3.61. The normalized spacial score (nSPS) is 15.4. The van der Waals surface area contributed by atoms with Crippen LogP contribution in [0.5, 0.6) is 0 Å². The third-order valence-corrected chi connectivity index (χ3v) is 6.83. The lowest BCUT2D eigenvalue weighted by Gasteiger charge is -2.19. The van der Waals surface area contributed by atoms with Crippen molar-refractivity contribution < 1.29 is 9.53 Å². The molecule has 8 nitrogen and oxygen atoms in total. The molecule has 1 N–H and O–H groups in total. The summed E-state index contributed by atoms with van der Waals surface area (Å²) >= 11 is 1.33. The highest BCUT2D eigenvalue weighted by Crippen LogP contribution is 2.31. The van der Waals surface area contributed by atoms with Crippen LogP contribution in [0.4, 0.5) is 5.69 Å². The van der Waals surface area contributed by atoms with Gasteiger partial charge in [-0.25, -0.2) is 0 Å². The molecule has 9 heteroatoms. The molecule has 1 unspecified atom stereocenters. The van der Waals surface area contributed by atoms with Gasteiger partial charge in [0.2, 0.25) is 5.91 Å². The van der Waals surface area contributed by atoms with Gasteiger partial charge in [-0.3, -0.25) is 14.3 Å². The number of para-hydroxylation sites is 2. The van der Waals surface area contributed by atoms with Gasteiger partial charge in [0.1, 0.15) is 6.54 Å². The molecule has 0 radical (unpaired) electrons. The van der Waals surface area contributed by atoms with E-state index in [0.29, 0.717) is 17.4 Å². The predicted molar refractivity (Wildman–Crippen MR) is 131 cm³/mol. The average molecular weight is 473 g/mol. The van der Waals surface area contributed by atoms with E-state index in [1.807, 2.05) is 54.7 Å². The summed E-state index contributed by atoms with van der Waals surface area (Å²) in [5.74, 6) is 0.742. The molecule has 0 aliphatic carbocycles. The minimum absolute atomic E-state index is 0.00734. The summed E-state index contributed by atoms with van der Waals surface area (Å²) in [6, 6.07) is 19.4. The summed E-state index contributed by atoms with van der Waals surface area (Å²) < 4.78 is 7.95. The number of rotatable bonds is 8. The molecule has 2 aromatic heterocycles. The third-order valence-electron chi connectivity index (χ3n) is 5.88. The van der Waals surface area contributed by atoms with Crippen molar-refractivity contribution in [2.45, 2.75) is 30.6 Å². The summed E-state index contributed by atoms with van der Waals surface area (Å²) in [7, 11) is 0. The van der Waals surface area contributed by atoms with E-state index in [-0.39, 0.29) is 24.3 Å². The van der Waals surface area contributed by atoms with Gasteiger partial charge in [0.05, 0.1) is 24.5 Å². The van der Waals surface area contributed by atoms with Crippen LogP contribution in [0.15, 0.2) is 66.0 Å². The van der Waals surface area contributed by atoms with E-state index in [4.69, 9.17) is 4.74 Å². The maximum atomic E-state index is 13.0. The first-order valence-electron chi connectivity index (χ1n) is 11.2. The zero-order valence-corrected chi connectivity index (χ0v) is 19.4. The van der Waals surface area contributed by atoms with Gasteiger partial charge >= 0.3 is 0 Å². The SMILES string of the molecule is N#CCN(C(=O)CSc1nnc(-c2c[nH]c3ccccc23)n1CC1CCCO1)c1ccccc1. The number of aromatic nitrogens is 4. The number of amides is 1. The molecule has 5 rings (SSSR count). The summed E-state index contributed by atoms with van der Waals surface area (Å²) in [4.78, 5) is 17.8. The highest BCUT2D eigenvalue weighted by Gasteiger charge is 2.24. The number of anilines is 1. The van der Waals surface area contributed by atoms with Crippen LogP contribution in [-0.4, -0.2) is 50.7 Å². The molecule has 1 fully saturated rings. The van der Waals surface area contributed by atoms with E-state index in [2.05, 4.69) is 31.9 Å². The predicted octanol–water partition coefficient (Wildman–Crippen LogP) is 4.25. The Balaban J connectivity index is 1.42. The number of carbonyl (C=O) groups excluding carboxylic acids is 1. The summed E-state index contributed by atoms with van der Waals surface area (Å²) in [6.07, 6.45) is 4.06. The van der Waals surface area contributed by atoms with E-state index in [0.717, 1.165) is 41.7 Å². The van der Waals surface area contributed by atoms with Crippen molar-refractivity contribution in [3.63, 3.8) is 0 Å². The van der Waals surface area contributed by atoms with Crippen molar-refractivity contribution in [3.05, 3.63) is 60.8 Å². The monoisotopic (exact) mass is 472 g/mol. The first-order chi connectivity index (χ1) is 16.7. The Morgan fingerprint density at radius 3 is 2.82 bits per heavy atom. The number of nitrogens with zero attached hydrogens (tertiary/aromatic N) is 5. The van der Waals surface area contributed by atoms with Crippen LogP contribution < -0.4 is 4.90 Å². The number of aromatic amines is 1. The highest BCUT2D eigenvalue weighted by molar-refractivity contribution is 7.99. The standard InChI is InChI=1S/C25H24N6O2S/c26-12-13-30(18-7-2-1-3-8-18)23(32)17-34-25-29-28-24(31(25)16-19-9-6-14-33-19)21-15-27-22-11-5-4-10-20(21)22/h1-5,7-8,10-11,15,19,27H,6,9,13-14,16-17H2. The number of H-pyrrole nitrogens is 1. The zero-order valence-electron chi connectivity index (χ0n) is 18.6. The van der Waals surface area contributed by atoms with Gasteiger partial charge in [0, 0.05) is 35.0 Å². The summed E-state index contributed by atoms with van der Waals surface area (Å²) in [5, 5.41) is 19.9. The molecule has 4 aromatic rings. The summed E-state index contributed by atoms with van der Waals surface area (Å²) in [6.45, 7) is 1.38. The van der Waals surface area contributed by atoms with Gasteiger partial charge < -0.3 is 9.72 Å². The van der Waals surface area contributed by atoms with Crippen LogP contribution in [0, 0.1) is 11.3 Å². The van der Waals surface area contributed by atoms with Crippen molar-refractivity contribution in [1.82, 2.24) is 19.7 Å². The fourth-order valence-corrected chi connectivity index (χ4v) is 5.04. The number of ether oxygens (including phenoxy) is 1. The maximum absolute atomic E-state index is 13.0. The lowest BCUT2D eigenvalue weighted by molar-refractivity contribution is -0.116. The first kappa shape index (κ1) is 22.2. The van der Waals surface area contributed by atoms with Crippen LogP contribution in [0.1, 0.15) is 12.8 Å². The number of nitriles is 1. The molecule has 2 aromatic carbocycles. The van der Waals surface area contributed by atoms with Crippen molar-refractivity contribution in [2.75, 3.05) is 23.8 Å². The Bertz CT molecular complexity index is 1320. The van der Waals surface area contributed by atoms with Crippen molar-refractivity contribution in [1.29, 1.82) is 5.26 Å². The quantitative estimate of drug-likeness (QED) is 0.304. The Morgan fingerprint density at radius 2 is 2.03 bits per heavy atom. The second-order valence-corrected chi connectivity index (χ2v) is 9.00. The molecular weight excluding hydrogens is 448 g/mol. The second kappa shape index (κ2) is 10.1. The molecular formula is C25H24N6O2S. The fourth-order valence-electron chi connectivity index (χ4n) is 4.21. The number of benzene rings is 2. The van der Waals surface area contributed by atoms with Crippen LogP contribution in [0.25, 0.3) is 22.3 Å². The number of hydrogen-bond donors (Lipinski definition) is 1. The average Bonchev–Trinajstić information content (AvgIpc) is 3.62. The number of fused-ring (bicyclic) bond motifs is 1. The Labute approximate surface area is 201 Å². The molecule has 34 heavy (non-hydrogen) atoms. The van der Waals surface area contributed by atoms with E-state index < -0.39 is 0 Å². The lowest BCUT2D eigenvalue weighted by Crippen LogP contribution is -2.32. The lowest BCUT2D eigenvalue weighted by atomic mass is 10.1. The van der Waals surface area contributed by atoms with Crippen molar-refractivity contribution in [3.8, 4) is 17.5 Å². The first-order valence-corrected chi connectivity index (χ1v) is 12.2. The number of nitrogens with one attached hydrogen (secondary N) is 1. The van der Waals surface area contributed by atoms with E-state index in [9.17, 15) is 10.1 Å². The second-order valence-electron chi connectivity index (χ2n) is 8.06. The highest BCUT2D eigenvalue weighted by atomic mass is 32.2. The van der Waals surface area contributed by atoms with Gasteiger partial charge in [0.25, 0.3) is 0 Å². The molecule has 1 aliphatic rings. The molecule has 0 spiro atoms. The molecule has 1 atom stereocenters. The van der Waals surface area contributed by atoms with Gasteiger partial charge in [0.15, 0.2) is 11.0 Å². The minimum Gasteiger partial charge on any atom is -0.376 e. The van der Waals surface area contributed by atoms with E-state index >= 15 is 0 Å². The summed E-state index contributed by atoms with van der Waals surface area (Å²) in [5.41, 5.74) is 2.70. The van der Waals surface area contributed by atoms with Gasteiger partial charge in [-0.15, -0.1) is 10.2 Å². The van der Waals surface area contributed by atoms with Gasteiger partial charge in [-0.1, -0.05) is 48.2 Å². The number of thioether (sulfide) groups is 1. The van der Waals surface area contributed by atoms with Crippen LogP contribution in [-0.2, 0) is 16.1 Å². The van der Waals surface area contributed by atoms with Crippen LogP contribution >= 0.6 is 11.8 Å².